The van der Waals surface area contributed by atoms with Gasteiger partial charge in [-0.05, 0) is 68.6 Å². The second-order valence-corrected chi connectivity index (χ2v) is 12.2. The average Bonchev–Trinajstić information content (AvgIpc) is 3.50. The number of anilines is 2. The van der Waals surface area contributed by atoms with Crippen LogP contribution in [0.4, 0.5) is 15.2 Å². The van der Waals surface area contributed by atoms with Gasteiger partial charge in [0.25, 0.3) is 0 Å². The summed E-state index contributed by atoms with van der Waals surface area (Å²) in [6.45, 7) is 3.85. The molecular weight excluding hydrogens is 503 g/mol. The number of carboxylic acid groups (broad SMARTS) is 1. The van der Waals surface area contributed by atoms with Crippen molar-refractivity contribution in [2.24, 2.45) is 5.41 Å². The second kappa shape index (κ2) is 8.80. The van der Waals surface area contributed by atoms with Gasteiger partial charge in [-0.25, -0.2) is 14.2 Å². The molecule has 7 rings (SSSR count). The first-order valence-corrected chi connectivity index (χ1v) is 14.1. The van der Waals surface area contributed by atoms with Crippen LogP contribution in [0, 0.1) is 18.2 Å². The van der Waals surface area contributed by atoms with Crippen molar-refractivity contribution >= 4 is 38.3 Å². The van der Waals surface area contributed by atoms with E-state index in [2.05, 4.69) is 45.5 Å². The maximum atomic E-state index is 14.5. The van der Waals surface area contributed by atoms with Gasteiger partial charge in [-0.1, -0.05) is 40.8 Å². The molecule has 0 bridgehead atoms. The highest BCUT2D eigenvalue weighted by atomic mass is 32.1. The van der Waals surface area contributed by atoms with E-state index >= 15 is 0 Å². The molecule has 2 aliphatic carbocycles. The molecule has 2 saturated carbocycles. The molecule has 1 aliphatic heterocycles. The van der Waals surface area contributed by atoms with Gasteiger partial charge in [0.2, 0.25) is 0 Å². The number of benzene rings is 2. The molecule has 0 atom stereocenters. The molecule has 2 aromatic heterocycles. The number of fused-ring (bicyclic) bond motifs is 1. The SMILES string of the molecule is Cc1ccccc1-c1noc(C2CC2)c1NC1CC2(CCN(c3nc4c(F)cc(C(=O)O)cc4s3)CC2)C1. The standard InChI is InChI=1S/C29H29FN4O3S/c1-16-4-2-3-5-20(16)23-25(26(37-33-23)17-6-7-17)31-19-14-29(15-19)8-10-34(11-9-29)28-32-24-21(30)12-18(27(35)36)13-22(24)38-28/h2-5,12-13,17,19,31H,6-11,14-15H2,1H3,(H,35,36). The Labute approximate surface area is 223 Å². The normalized spacial score (nSPS) is 19.2. The highest BCUT2D eigenvalue weighted by molar-refractivity contribution is 7.22. The second-order valence-electron chi connectivity index (χ2n) is 11.2. The zero-order chi connectivity index (χ0) is 26.0. The van der Waals surface area contributed by atoms with E-state index in [-0.39, 0.29) is 11.1 Å². The van der Waals surface area contributed by atoms with Crippen LogP contribution in [0.25, 0.3) is 21.5 Å². The Hall–Kier alpha value is -3.46. The largest absolute Gasteiger partial charge is 0.478 e. The summed E-state index contributed by atoms with van der Waals surface area (Å²) in [6, 6.07) is 11.3. The summed E-state index contributed by atoms with van der Waals surface area (Å²) in [5.41, 5.74) is 4.85. The number of halogens is 1. The fourth-order valence-electron chi connectivity index (χ4n) is 6.20. The van der Waals surface area contributed by atoms with E-state index < -0.39 is 11.8 Å². The summed E-state index contributed by atoms with van der Waals surface area (Å²) < 4.78 is 20.9. The van der Waals surface area contributed by atoms with Crippen molar-refractivity contribution in [2.45, 2.75) is 57.4 Å². The lowest BCUT2D eigenvalue weighted by Gasteiger charge is -2.52. The zero-order valence-corrected chi connectivity index (χ0v) is 22.0. The van der Waals surface area contributed by atoms with Crippen LogP contribution < -0.4 is 10.2 Å². The Kier molecular flexibility index (Phi) is 5.47. The van der Waals surface area contributed by atoms with Gasteiger partial charge in [-0.3, -0.25) is 0 Å². The molecular formula is C29H29FN4O3S. The molecule has 3 fully saturated rings. The maximum Gasteiger partial charge on any atom is 0.335 e. The Morgan fingerprint density at radius 3 is 2.68 bits per heavy atom. The number of rotatable bonds is 6. The molecule has 7 nitrogen and oxygen atoms in total. The van der Waals surface area contributed by atoms with E-state index in [1.807, 2.05) is 6.07 Å². The summed E-state index contributed by atoms with van der Waals surface area (Å²) in [7, 11) is 0. The summed E-state index contributed by atoms with van der Waals surface area (Å²) in [6.07, 6.45) is 6.67. The summed E-state index contributed by atoms with van der Waals surface area (Å²) in [5.74, 6) is -0.220. The van der Waals surface area contributed by atoms with Crippen molar-refractivity contribution < 1.29 is 18.8 Å². The van der Waals surface area contributed by atoms with Crippen molar-refractivity contribution in [2.75, 3.05) is 23.3 Å². The first kappa shape index (κ1) is 23.6. The number of carbonyl (C=O) groups is 1. The van der Waals surface area contributed by atoms with Crippen molar-refractivity contribution in [3.8, 4) is 11.3 Å². The Morgan fingerprint density at radius 2 is 1.97 bits per heavy atom. The number of hydrogen-bond acceptors (Lipinski definition) is 7. The first-order chi connectivity index (χ1) is 18.4. The number of aromatic nitrogens is 2. The fourth-order valence-corrected chi connectivity index (χ4v) is 7.27. The van der Waals surface area contributed by atoms with E-state index in [1.54, 1.807) is 0 Å². The molecule has 0 unspecified atom stereocenters. The van der Waals surface area contributed by atoms with Gasteiger partial charge in [0, 0.05) is 30.6 Å². The van der Waals surface area contributed by atoms with Crippen LogP contribution in [0.5, 0.6) is 0 Å². The lowest BCUT2D eigenvalue weighted by molar-refractivity contribution is 0.0696. The van der Waals surface area contributed by atoms with E-state index in [9.17, 15) is 14.3 Å². The van der Waals surface area contributed by atoms with Crippen LogP contribution in [0.1, 0.15) is 66.1 Å². The Balaban J connectivity index is 1.03. The topological polar surface area (TPSA) is 91.5 Å². The predicted octanol–water partition coefficient (Wildman–Crippen LogP) is 6.84. The zero-order valence-electron chi connectivity index (χ0n) is 21.2. The Morgan fingerprint density at radius 1 is 1.21 bits per heavy atom. The van der Waals surface area contributed by atoms with Crippen LogP contribution in [0.2, 0.25) is 0 Å². The third-order valence-electron chi connectivity index (χ3n) is 8.55. The van der Waals surface area contributed by atoms with Gasteiger partial charge in [0.05, 0.1) is 10.3 Å². The van der Waals surface area contributed by atoms with Crippen molar-refractivity contribution in [3.05, 3.63) is 59.1 Å². The number of hydrogen-bond donors (Lipinski definition) is 2. The van der Waals surface area contributed by atoms with E-state index in [0.29, 0.717) is 22.1 Å². The van der Waals surface area contributed by atoms with Crippen LogP contribution >= 0.6 is 11.3 Å². The number of piperidine rings is 1. The monoisotopic (exact) mass is 532 g/mol. The van der Waals surface area contributed by atoms with E-state index in [1.165, 1.54) is 23.0 Å². The minimum absolute atomic E-state index is 0.0425. The summed E-state index contributed by atoms with van der Waals surface area (Å²) in [5, 5.41) is 18.3. The first-order valence-electron chi connectivity index (χ1n) is 13.3. The molecule has 2 N–H and O–H groups in total. The number of aryl methyl sites for hydroxylation is 1. The van der Waals surface area contributed by atoms with Gasteiger partial charge < -0.3 is 19.8 Å². The number of thiazole rings is 1. The molecule has 1 saturated heterocycles. The molecule has 0 radical (unpaired) electrons. The van der Waals surface area contributed by atoms with Crippen molar-refractivity contribution in [1.29, 1.82) is 0 Å². The van der Waals surface area contributed by atoms with Gasteiger partial charge in [-0.15, -0.1) is 0 Å². The van der Waals surface area contributed by atoms with Gasteiger partial charge in [0.1, 0.15) is 16.9 Å². The van der Waals surface area contributed by atoms with Crippen LogP contribution in [-0.2, 0) is 0 Å². The molecule has 1 spiro atoms. The predicted molar refractivity (Wildman–Crippen MR) is 146 cm³/mol. The summed E-state index contributed by atoms with van der Waals surface area (Å²) in [4.78, 5) is 18.0. The Bertz CT molecular complexity index is 1540. The molecule has 3 aliphatic rings. The van der Waals surface area contributed by atoms with E-state index in [0.717, 1.165) is 85.5 Å². The highest BCUT2D eigenvalue weighted by Crippen LogP contribution is 2.53. The van der Waals surface area contributed by atoms with E-state index in [4.69, 9.17) is 4.52 Å². The number of nitrogens with one attached hydrogen (secondary N) is 1. The fraction of sp³-hybridized carbons (Fsp3) is 0.414. The molecule has 2 aromatic carbocycles. The molecule has 38 heavy (non-hydrogen) atoms. The average molecular weight is 533 g/mol. The molecule has 196 valence electrons. The molecule has 4 aromatic rings. The third-order valence-corrected chi connectivity index (χ3v) is 9.62. The minimum Gasteiger partial charge on any atom is -0.478 e. The minimum atomic E-state index is -1.13. The molecule has 0 amide bonds. The van der Waals surface area contributed by atoms with Crippen LogP contribution in [-0.4, -0.2) is 40.3 Å². The van der Waals surface area contributed by atoms with Crippen LogP contribution in [0.3, 0.4) is 0 Å². The molecule has 9 heteroatoms. The number of nitrogens with zero attached hydrogens (tertiary/aromatic N) is 3. The van der Waals surface area contributed by atoms with Gasteiger partial charge in [0.15, 0.2) is 16.7 Å². The third kappa shape index (κ3) is 4.04. The lowest BCUT2D eigenvalue weighted by atomic mass is 9.60. The summed E-state index contributed by atoms with van der Waals surface area (Å²) >= 11 is 1.37. The maximum absolute atomic E-state index is 14.5. The molecule has 3 heterocycles. The number of carboxylic acids is 1. The lowest BCUT2D eigenvalue weighted by Crippen LogP contribution is -2.51. The number of aromatic carboxylic acids is 1. The smallest absolute Gasteiger partial charge is 0.335 e. The van der Waals surface area contributed by atoms with Crippen LogP contribution in [0.15, 0.2) is 40.9 Å². The van der Waals surface area contributed by atoms with Gasteiger partial charge >= 0.3 is 5.97 Å². The van der Waals surface area contributed by atoms with Crippen molar-refractivity contribution in [3.63, 3.8) is 0 Å². The highest BCUT2D eigenvalue weighted by Gasteiger charge is 2.47. The quantitative estimate of drug-likeness (QED) is 0.281. The van der Waals surface area contributed by atoms with Crippen molar-refractivity contribution in [1.82, 2.24) is 10.1 Å². The van der Waals surface area contributed by atoms with Gasteiger partial charge in [-0.2, -0.15) is 0 Å².